The molecular formula is C12H11NOS. The van der Waals surface area contributed by atoms with Crippen molar-refractivity contribution in [2.45, 2.75) is 4.90 Å². The van der Waals surface area contributed by atoms with Crippen molar-refractivity contribution in [3.63, 3.8) is 0 Å². The lowest BCUT2D eigenvalue weighted by atomic mass is 10.3. The van der Waals surface area contributed by atoms with Crippen LogP contribution in [0.2, 0.25) is 0 Å². The molecule has 2 aromatic carbocycles. The van der Waals surface area contributed by atoms with E-state index in [1.165, 1.54) is 11.9 Å². The van der Waals surface area contributed by atoms with Gasteiger partial charge in [0.25, 0.3) is 0 Å². The van der Waals surface area contributed by atoms with Crippen LogP contribution in [-0.4, -0.2) is 5.11 Å². The minimum atomic E-state index is 0.291. The smallest absolute Gasteiger partial charge is 0.115 e. The highest BCUT2D eigenvalue weighted by Gasteiger charge is 1.94. The fourth-order valence-electron chi connectivity index (χ4n) is 1.14. The summed E-state index contributed by atoms with van der Waals surface area (Å²) in [6, 6.07) is 17.1. The second kappa shape index (κ2) is 4.75. The van der Waals surface area contributed by atoms with E-state index in [0.717, 1.165) is 10.6 Å². The lowest BCUT2D eigenvalue weighted by Gasteiger charge is -2.04. The molecular weight excluding hydrogens is 206 g/mol. The summed E-state index contributed by atoms with van der Waals surface area (Å²) >= 11 is 1.52. The second-order valence-corrected chi connectivity index (χ2v) is 3.94. The Balaban J connectivity index is 1.96. The van der Waals surface area contributed by atoms with Crippen LogP contribution in [0.3, 0.4) is 0 Å². The van der Waals surface area contributed by atoms with E-state index >= 15 is 0 Å². The molecule has 0 aliphatic carbocycles. The van der Waals surface area contributed by atoms with Gasteiger partial charge >= 0.3 is 0 Å². The van der Waals surface area contributed by atoms with Crippen molar-refractivity contribution < 1.29 is 5.11 Å². The van der Waals surface area contributed by atoms with Crippen molar-refractivity contribution in [1.82, 2.24) is 0 Å². The molecule has 0 spiro atoms. The van der Waals surface area contributed by atoms with Crippen LogP contribution < -0.4 is 4.72 Å². The molecule has 2 aromatic rings. The standard InChI is InChI=1S/C12H11NOS/c14-11-6-8-12(9-7-11)15-13-10-4-2-1-3-5-10/h1-9,13-14H. The summed E-state index contributed by atoms with van der Waals surface area (Å²) < 4.78 is 3.22. The molecule has 0 saturated heterocycles. The molecule has 0 saturated carbocycles. The number of anilines is 1. The number of phenols is 1. The van der Waals surface area contributed by atoms with Crippen molar-refractivity contribution in [1.29, 1.82) is 0 Å². The molecule has 0 aromatic heterocycles. The third-order valence-corrected chi connectivity index (χ3v) is 2.74. The number of hydrogen-bond acceptors (Lipinski definition) is 3. The molecule has 2 N–H and O–H groups in total. The average molecular weight is 217 g/mol. The van der Waals surface area contributed by atoms with Gasteiger partial charge < -0.3 is 9.83 Å². The first-order valence-electron chi connectivity index (χ1n) is 4.61. The maximum absolute atomic E-state index is 9.11. The van der Waals surface area contributed by atoms with Gasteiger partial charge in [0, 0.05) is 10.6 Å². The maximum atomic E-state index is 9.11. The van der Waals surface area contributed by atoms with Gasteiger partial charge in [-0.15, -0.1) is 0 Å². The van der Waals surface area contributed by atoms with Crippen LogP contribution >= 0.6 is 11.9 Å². The molecule has 2 rings (SSSR count). The monoisotopic (exact) mass is 217 g/mol. The molecule has 0 unspecified atom stereocenters. The predicted molar refractivity (Wildman–Crippen MR) is 64.0 cm³/mol. The van der Waals surface area contributed by atoms with Gasteiger partial charge in [-0.25, -0.2) is 0 Å². The number of aromatic hydroxyl groups is 1. The van der Waals surface area contributed by atoms with E-state index in [4.69, 9.17) is 5.11 Å². The van der Waals surface area contributed by atoms with E-state index in [0.29, 0.717) is 5.75 Å². The van der Waals surface area contributed by atoms with Crippen LogP contribution in [-0.2, 0) is 0 Å². The molecule has 0 atom stereocenters. The second-order valence-electron chi connectivity index (χ2n) is 3.06. The van der Waals surface area contributed by atoms with Gasteiger partial charge in [0.2, 0.25) is 0 Å². The molecule has 0 aliphatic rings. The molecule has 0 heterocycles. The van der Waals surface area contributed by atoms with Gasteiger partial charge in [0.1, 0.15) is 5.75 Å². The van der Waals surface area contributed by atoms with E-state index in [-0.39, 0.29) is 0 Å². The maximum Gasteiger partial charge on any atom is 0.115 e. The fraction of sp³-hybridized carbons (Fsp3) is 0. The van der Waals surface area contributed by atoms with Crippen molar-refractivity contribution in [2.75, 3.05) is 4.72 Å². The minimum Gasteiger partial charge on any atom is -0.508 e. The van der Waals surface area contributed by atoms with Crippen molar-refractivity contribution >= 4 is 17.6 Å². The van der Waals surface area contributed by atoms with Gasteiger partial charge in [-0.1, -0.05) is 18.2 Å². The first kappa shape index (κ1) is 9.93. The van der Waals surface area contributed by atoms with Gasteiger partial charge in [0.05, 0.1) is 0 Å². The van der Waals surface area contributed by atoms with Gasteiger partial charge in [0.15, 0.2) is 0 Å². The number of phenolic OH excluding ortho intramolecular Hbond substituents is 1. The van der Waals surface area contributed by atoms with Crippen LogP contribution in [0, 0.1) is 0 Å². The lowest BCUT2D eigenvalue weighted by Crippen LogP contribution is -1.84. The Morgan fingerprint density at radius 3 is 2.20 bits per heavy atom. The summed E-state index contributed by atoms with van der Waals surface area (Å²) in [6.45, 7) is 0. The quantitative estimate of drug-likeness (QED) is 0.772. The van der Waals surface area contributed by atoms with Crippen LogP contribution in [0.5, 0.6) is 5.75 Å². The van der Waals surface area contributed by atoms with E-state index in [9.17, 15) is 0 Å². The molecule has 0 aliphatic heterocycles. The number of benzene rings is 2. The van der Waals surface area contributed by atoms with Crippen molar-refractivity contribution in [2.24, 2.45) is 0 Å². The number of para-hydroxylation sites is 1. The van der Waals surface area contributed by atoms with Gasteiger partial charge in [-0.05, 0) is 48.3 Å². The van der Waals surface area contributed by atoms with E-state index in [1.807, 2.05) is 42.5 Å². The minimum absolute atomic E-state index is 0.291. The Bertz CT molecular complexity index is 413. The zero-order valence-electron chi connectivity index (χ0n) is 8.05. The SMILES string of the molecule is Oc1ccc(SNc2ccccc2)cc1. The average Bonchev–Trinajstić information content (AvgIpc) is 2.30. The van der Waals surface area contributed by atoms with Crippen molar-refractivity contribution in [3.8, 4) is 5.75 Å². The molecule has 0 radical (unpaired) electrons. The molecule has 3 heteroatoms. The van der Waals surface area contributed by atoms with E-state index in [1.54, 1.807) is 12.1 Å². The van der Waals surface area contributed by atoms with Crippen LogP contribution in [0.25, 0.3) is 0 Å². The Hall–Kier alpha value is -1.61. The molecule has 0 fully saturated rings. The Labute approximate surface area is 93.1 Å². The third kappa shape index (κ3) is 2.92. The number of nitrogens with one attached hydrogen (secondary N) is 1. The zero-order chi connectivity index (χ0) is 10.5. The Morgan fingerprint density at radius 2 is 1.53 bits per heavy atom. The highest BCUT2D eigenvalue weighted by Crippen LogP contribution is 2.22. The third-order valence-electron chi connectivity index (χ3n) is 1.90. The van der Waals surface area contributed by atoms with Crippen molar-refractivity contribution in [3.05, 3.63) is 54.6 Å². The molecule has 0 amide bonds. The normalized spacial score (nSPS) is 9.87. The summed E-state index contributed by atoms with van der Waals surface area (Å²) in [6.07, 6.45) is 0. The molecule has 76 valence electrons. The first-order chi connectivity index (χ1) is 7.34. The topological polar surface area (TPSA) is 32.3 Å². The Morgan fingerprint density at radius 1 is 0.867 bits per heavy atom. The molecule has 15 heavy (non-hydrogen) atoms. The van der Waals surface area contributed by atoms with Gasteiger partial charge in [-0.3, -0.25) is 0 Å². The summed E-state index contributed by atoms with van der Waals surface area (Å²) in [5.74, 6) is 0.291. The summed E-state index contributed by atoms with van der Waals surface area (Å²) in [5, 5.41) is 9.11. The van der Waals surface area contributed by atoms with Crippen LogP contribution in [0.4, 0.5) is 5.69 Å². The first-order valence-corrected chi connectivity index (χ1v) is 5.43. The predicted octanol–water partition coefficient (Wildman–Crippen LogP) is 3.51. The summed E-state index contributed by atoms with van der Waals surface area (Å²) in [5.41, 5.74) is 1.07. The highest BCUT2D eigenvalue weighted by atomic mass is 32.2. The van der Waals surface area contributed by atoms with Gasteiger partial charge in [-0.2, -0.15) is 0 Å². The number of rotatable bonds is 3. The lowest BCUT2D eigenvalue weighted by molar-refractivity contribution is 0.475. The highest BCUT2D eigenvalue weighted by molar-refractivity contribution is 8.00. The molecule has 0 bridgehead atoms. The number of hydrogen-bond donors (Lipinski definition) is 2. The van der Waals surface area contributed by atoms with E-state index in [2.05, 4.69) is 4.72 Å². The fourth-order valence-corrected chi connectivity index (χ4v) is 1.78. The largest absolute Gasteiger partial charge is 0.508 e. The van der Waals surface area contributed by atoms with Crippen LogP contribution in [0.15, 0.2) is 59.5 Å². The summed E-state index contributed by atoms with van der Waals surface area (Å²) in [7, 11) is 0. The zero-order valence-corrected chi connectivity index (χ0v) is 8.87. The molecule has 2 nitrogen and oxygen atoms in total. The van der Waals surface area contributed by atoms with Crippen LogP contribution in [0.1, 0.15) is 0 Å². The Kier molecular flexibility index (Phi) is 3.15. The summed E-state index contributed by atoms with van der Waals surface area (Å²) in [4.78, 5) is 1.07. The van der Waals surface area contributed by atoms with E-state index < -0.39 is 0 Å².